The average Bonchev–Trinajstić information content (AvgIpc) is 2.40. The zero-order valence-corrected chi connectivity index (χ0v) is 12.4. The van der Waals surface area contributed by atoms with E-state index in [1.54, 1.807) is 25.3 Å². The summed E-state index contributed by atoms with van der Waals surface area (Å²) in [5, 5.41) is 5.84. The Kier molecular flexibility index (Phi) is 4.77. The Morgan fingerprint density at radius 3 is 2.43 bits per heavy atom. The fraction of sp³-hybridized carbons (Fsp3) is 0.250. The van der Waals surface area contributed by atoms with Crippen molar-refractivity contribution >= 4 is 23.3 Å². The molecule has 0 bridgehead atoms. The summed E-state index contributed by atoms with van der Waals surface area (Å²) >= 11 is 0. The van der Waals surface area contributed by atoms with Crippen LogP contribution in [-0.2, 0) is 4.74 Å². The number of ether oxygens (including phenoxy) is 1. The molecule has 0 aliphatic rings. The number of hydrogen-bond acceptors (Lipinski definition) is 4. The third-order valence-electron chi connectivity index (χ3n) is 2.78. The normalized spacial score (nSPS) is 10.0. The molecule has 0 aliphatic heterocycles. The molecule has 5 heteroatoms. The second-order valence-electron chi connectivity index (χ2n) is 4.78. The van der Waals surface area contributed by atoms with Crippen LogP contribution in [0.3, 0.4) is 0 Å². The number of rotatable bonds is 4. The fourth-order valence-corrected chi connectivity index (χ4v) is 2.02. The number of aromatic nitrogens is 1. The number of nitrogens with zero attached hydrogens (tertiary/aromatic N) is 1. The van der Waals surface area contributed by atoms with Gasteiger partial charge in [0.05, 0.1) is 18.5 Å². The number of nitrogens with one attached hydrogen (secondary N) is 2. The van der Waals surface area contributed by atoms with E-state index in [1.165, 1.54) is 11.1 Å². The minimum Gasteiger partial charge on any atom is -0.450 e. The van der Waals surface area contributed by atoms with Gasteiger partial charge in [-0.1, -0.05) is 6.07 Å². The molecule has 1 amide bonds. The van der Waals surface area contributed by atoms with Crippen molar-refractivity contribution in [3.63, 3.8) is 0 Å². The van der Waals surface area contributed by atoms with Crippen molar-refractivity contribution in [2.75, 3.05) is 17.2 Å². The molecular formula is C16H19N3O2. The molecule has 21 heavy (non-hydrogen) atoms. The van der Waals surface area contributed by atoms with Crippen LogP contribution in [0.15, 0.2) is 36.5 Å². The number of carbonyl (C=O) groups excluding carboxylic acids is 1. The quantitative estimate of drug-likeness (QED) is 0.891. The second-order valence-corrected chi connectivity index (χ2v) is 4.78. The summed E-state index contributed by atoms with van der Waals surface area (Å²) in [6.07, 6.45) is 1.11. The van der Waals surface area contributed by atoms with Crippen LogP contribution in [0, 0.1) is 13.8 Å². The predicted molar refractivity (Wildman–Crippen MR) is 84.1 cm³/mol. The molecule has 0 aliphatic carbocycles. The zero-order chi connectivity index (χ0) is 15.2. The van der Waals surface area contributed by atoms with Gasteiger partial charge in [-0.3, -0.25) is 5.32 Å². The first kappa shape index (κ1) is 14.8. The van der Waals surface area contributed by atoms with Gasteiger partial charge in [0.25, 0.3) is 0 Å². The number of pyridine rings is 1. The Morgan fingerprint density at radius 2 is 1.86 bits per heavy atom. The molecule has 0 unspecified atom stereocenters. The lowest BCUT2D eigenvalue weighted by Gasteiger charge is -2.09. The standard InChI is InChI=1S/C16H19N3O2/c1-4-21-16(20)19-13-5-6-15(17-10-13)18-14-8-11(2)7-12(3)9-14/h5-10H,4H2,1-3H3,(H,17,18)(H,19,20). The number of aryl methyl sites for hydroxylation is 2. The van der Waals surface area contributed by atoms with Crippen LogP contribution in [0.4, 0.5) is 22.0 Å². The van der Waals surface area contributed by atoms with Gasteiger partial charge < -0.3 is 10.1 Å². The van der Waals surface area contributed by atoms with E-state index in [9.17, 15) is 4.79 Å². The summed E-state index contributed by atoms with van der Waals surface area (Å²) in [5.41, 5.74) is 3.97. The summed E-state index contributed by atoms with van der Waals surface area (Å²) in [6.45, 7) is 6.20. The molecule has 2 aromatic rings. The van der Waals surface area contributed by atoms with Crippen molar-refractivity contribution in [2.45, 2.75) is 20.8 Å². The number of carbonyl (C=O) groups is 1. The summed E-state index contributed by atoms with van der Waals surface area (Å²) in [7, 11) is 0. The van der Waals surface area contributed by atoms with Crippen LogP contribution in [0.25, 0.3) is 0 Å². The molecule has 0 saturated carbocycles. The van der Waals surface area contributed by atoms with E-state index >= 15 is 0 Å². The van der Waals surface area contributed by atoms with Crippen LogP contribution in [0.1, 0.15) is 18.1 Å². The van der Waals surface area contributed by atoms with Gasteiger partial charge in [-0.05, 0) is 56.2 Å². The average molecular weight is 285 g/mol. The van der Waals surface area contributed by atoms with Crippen LogP contribution in [0.2, 0.25) is 0 Å². The maximum absolute atomic E-state index is 11.3. The van der Waals surface area contributed by atoms with Crippen molar-refractivity contribution in [1.82, 2.24) is 4.98 Å². The van der Waals surface area contributed by atoms with Crippen LogP contribution < -0.4 is 10.6 Å². The molecule has 0 fully saturated rings. The minimum absolute atomic E-state index is 0.339. The van der Waals surface area contributed by atoms with Gasteiger partial charge in [0.2, 0.25) is 0 Å². The van der Waals surface area contributed by atoms with Gasteiger partial charge >= 0.3 is 6.09 Å². The molecule has 110 valence electrons. The second kappa shape index (κ2) is 6.74. The van der Waals surface area contributed by atoms with E-state index in [2.05, 4.69) is 47.7 Å². The lowest BCUT2D eigenvalue weighted by atomic mass is 10.1. The molecule has 0 radical (unpaired) electrons. The van der Waals surface area contributed by atoms with Gasteiger partial charge in [0, 0.05) is 5.69 Å². The monoisotopic (exact) mass is 285 g/mol. The Bertz CT molecular complexity index is 604. The lowest BCUT2D eigenvalue weighted by Crippen LogP contribution is -2.13. The smallest absolute Gasteiger partial charge is 0.411 e. The number of benzene rings is 1. The molecule has 1 aromatic carbocycles. The fourth-order valence-electron chi connectivity index (χ4n) is 2.02. The van der Waals surface area contributed by atoms with Crippen molar-refractivity contribution in [3.8, 4) is 0 Å². The van der Waals surface area contributed by atoms with Crippen LogP contribution in [0.5, 0.6) is 0 Å². The van der Waals surface area contributed by atoms with Gasteiger partial charge in [-0.2, -0.15) is 0 Å². The molecule has 1 heterocycles. The maximum atomic E-state index is 11.3. The first-order valence-electron chi connectivity index (χ1n) is 6.82. The SMILES string of the molecule is CCOC(=O)Nc1ccc(Nc2cc(C)cc(C)c2)nc1. The summed E-state index contributed by atoms with van der Waals surface area (Å²) in [4.78, 5) is 15.6. The Balaban J connectivity index is 2.03. The molecule has 5 nitrogen and oxygen atoms in total. The Morgan fingerprint density at radius 1 is 1.14 bits per heavy atom. The molecule has 0 atom stereocenters. The van der Waals surface area contributed by atoms with Gasteiger partial charge in [-0.25, -0.2) is 9.78 Å². The third kappa shape index (κ3) is 4.49. The van der Waals surface area contributed by atoms with E-state index < -0.39 is 6.09 Å². The van der Waals surface area contributed by atoms with Crippen molar-refractivity contribution in [3.05, 3.63) is 47.7 Å². The minimum atomic E-state index is -0.477. The zero-order valence-electron chi connectivity index (χ0n) is 12.4. The van der Waals surface area contributed by atoms with Crippen molar-refractivity contribution in [2.24, 2.45) is 0 Å². The molecule has 2 N–H and O–H groups in total. The lowest BCUT2D eigenvalue weighted by molar-refractivity contribution is 0.168. The number of amides is 1. The van der Waals surface area contributed by atoms with E-state index in [0.717, 1.165) is 11.5 Å². The number of hydrogen-bond donors (Lipinski definition) is 2. The van der Waals surface area contributed by atoms with Crippen molar-refractivity contribution < 1.29 is 9.53 Å². The summed E-state index contributed by atoms with van der Waals surface area (Å²) < 4.78 is 4.80. The van der Waals surface area contributed by atoms with E-state index in [0.29, 0.717) is 12.3 Å². The predicted octanol–water partition coefficient (Wildman–Crippen LogP) is 4.01. The maximum Gasteiger partial charge on any atom is 0.411 e. The summed E-state index contributed by atoms with van der Waals surface area (Å²) in [5.74, 6) is 0.717. The topological polar surface area (TPSA) is 63.2 Å². The highest BCUT2D eigenvalue weighted by molar-refractivity contribution is 5.84. The highest BCUT2D eigenvalue weighted by atomic mass is 16.5. The van der Waals surface area contributed by atoms with Crippen LogP contribution in [-0.4, -0.2) is 17.7 Å². The van der Waals surface area contributed by atoms with E-state index in [-0.39, 0.29) is 0 Å². The van der Waals surface area contributed by atoms with Gasteiger partial charge in [0.15, 0.2) is 0 Å². The Labute approximate surface area is 124 Å². The third-order valence-corrected chi connectivity index (χ3v) is 2.78. The largest absolute Gasteiger partial charge is 0.450 e. The van der Waals surface area contributed by atoms with E-state index in [1.807, 2.05) is 0 Å². The molecule has 0 spiro atoms. The number of anilines is 3. The molecule has 2 rings (SSSR count). The first-order valence-corrected chi connectivity index (χ1v) is 6.82. The van der Waals surface area contributed by atoms with Gasteiger partial charge in [0.1, 0.15) is 5.82 Å². The Hall–Kier alpha value is -2.56. The highest BCUT2D eigenvalue weighted by Crippen LogP contribution is 2.19. The highest BCUT2D eigenvalue weighted by Gasteiger charge is 2.03. The summed E-state index contributed by atoms with van der Waals surface area (Å²) in [6, 6.07) is 9.80. The molecule has 1 aromatic heterocycles. The molecular weight excluding hydrogens is 266 g/mol. The van der Waals surface area contributed by atoms with Crippen molar-refractivity contribution in [1.29, 1.82) is 0 Å². The first-order chi connectivity index (χ1) is 10.1. The van der Waals surface area contributed by atoms with E-state index in [4.69, 9.17) is 4.74 Å². The van der Waals surface area contributed by atoms with Gasteiger partial charge in [-0.15, -0.1) is 0 Å². The van der Waals surface area contributed by atoms with Crippen LogP contribution >= 0.6 is 0 Å². The molecule has 0 saturated heterocycles.